The van der Waals surface area contributed by atoms with Gasteiger partial charge in [-0.1, -0.05) is 18.2 Å². The number of ether oxygens (including phenoxy) is 3. The lowest BCUT2D eigenvalue weighted by atomic mass is 10.2. The highest BCUT2D eigenvalue weighted by atomic mass is 16.5. The highest BCUT2D eigenvalue weighted by Gasteiger charge is 2.05. The maximum atomic E-state index is 5.73. The Bertz CT molecular complexity index is 916. The Kier molecular flexibility index (Phi) is 7.10. The second-order valence-electron chi connectivity index (χ2n) is 6.30. The molecule has 0 amide bonds. The van der Waals surface area contributed by atoms with Gasteiger partial charge in [-0.2, -0.15) is 0 Å². The van der Waals surface area contributed by atoms with Crippen molar-refractivity contribution in [3.05, 3.63) is 66.0 Å². The molecule has 7 nitrogen and oxygen atoms in total. The first-order valence-corrected chi connectivity index (χ1v) is 9.40. The molecule has 2 aromatic carbocycles. The highest BCUT2D eigenvalue weighted by molar-refractivity contribution is 5.48. The molecule has 152 valence electrons. The molecule has 0 unspecified atom stereocenters. The fourth-order valence-corrected chi connectivity index (χ4v) is 2.80. The molecule has 0 spiro atoms. The van der Waals surface area contributed by atoms with E-state index < -0.39 is 0 Å². The summed E-state index contributed by atoms with van der Waals surface area (Å²) in [6.07, 6.45) is 0. The van der Waals surface area contributed by atoms with Gasteiger partial charge in [-0.15, -0.1) is 0 Å². The van der Waals surface area contributed by atoms with E-state index in [9.17, 15) is 0 Å². The maximum Gasteiger partial charge on any atom is 0.132 e. The molecule has 0 aliphatic carbocycles. The molecule has 0 fully saturated rings. The summed E-state index contributed by atoms with van der Waals surface area (Å²) >= 11 is 0. The first-order valence-electron chi connectivity index (χ1n) is 9.40. The normalized spacial score (nSPS) is 10.3. The molecule has 7 heteroatoms. The maximum absolute atomic E-state index is 5.73. The van der Waals surface area contributed by atoms with E-state index in [2.05, 4.69) is 20.6 Å². The molecule has 0 aliphatic heterocycles. The van der Waals surface area contributed by atoms with Gasteiger partial charge in [-0.3, -0.25) is 0 Å². The molecule has 0 saturated carbocycles. The Morgan fingerprint density at radius 3 is 2.24 bits per heavy atom. The Morgan fingerprint density at radius 1 is 0.828 bits per heavy atom. The smallest absolute Gasteiger partial charge is 0.132 e. The lowest BCUT2D eigenvalue weighted by Crippen LogP contribution is -2.13. The number of anilines is 2. The van der Waals surface area contributed by atoms with E-state index in [0.29, 0.717) is 25.5 Å². The second-order valence-corrected chi connectivity index (χ2v) is 6.30. The summed E-state index contributed by atoms with van der Waals surface area (Å²) in [6.45, 7) is 3.61. The number of hydrogen-bond acceptors (Lipinski definition) is 7. The molecule has 1 aromatic heterocycles. The van der Waals surface area contributed by atoms with Gasteiger partial charge in [0, 0.05) is 18.2 Å². The molecule has 3 aromatic rings. The van der Waals surface area contributed by atoms with Gasteiger partial charge in [0.25, 0.3) is 0 Å². The molecule has 2 N–H and O–H groups in total. The van der Waals surface area contributed by atoms with E-state index in [1.165, 1.54) is 0 Å². The Hall–Kier alpha value is -3.48. The lowest BCUT2D eigenvalue weighted by Gasteiger charge is -2.12. The van der Waals surface area contributed by atoms with Gasteiger partial charge in [0.15, 0.2) is 0 Å². The van der Waals surface area contributed by atoms with Gasteiger partial charge in [-0.05, 0) is 37.3 Å². The molecule has 0 aliphatic rings. The van der Waals surface area contributed by atoms with Crippen LogP contribution in [0.5, 0.6) is 17.2 Å². The number of benzene rings is 2. The fourth-order valence-electron chi connectivity index (χ4n) is 2.80. The zero-order valence-electron chi connectivity index (χ0n) is 16.9. The Morgan fingerprint density at radius 2 is 1.52 bits per heavy atom. The molecule has 0 bridgehead atoms. The van der Waals surface area contributed by atoms with Gasteiger partial charge in [-0.25, -0.2) is 9.97 Å². The van der Waals surface area contributed by atoms with Crippen molar-refractivity contribution in [3.8, 4) is 17.2 Å². The van der Waals surface area contributed by atoms with Crippen molar-refractivity contribution < 1.29 is 14.2 Å². The largest absolute Gasteiger partial charge is 0.497 e. The number of hydrogen-bond donors (Lipinski definition) is 2. The van der Waals surface area contributed by atoms with Gasteiger partial charge < -0.3 is 24.8 Å². The number of para-hydroxylation sites is 1. The van der Waals surface area contributed by atoms with Crippen molar-refractivity contribution in [1.29, 1.82) is 0 Å². The van der Waals surface area contributed by atoms with Crippen LogP contribution < -0.4 is 24.8 Å². The lowest BCUT2D eigenvalue weighted by molar-refractivity contribution is 0.331. The first-order chi connectivity index (χ1) is 14.2. The van der Waals surface area contributed by atoms with Gasteiger partial charge >= 0.3 is 0 Å². The number of nitrogens with one attached hydrogen (secondary N) is 2. The minimum absolute atomic E-state index is 0.513. The summed E-state index contributed by atoms with van der Waals surface area (Å²) < 4.78 is 16.3. The van der Waals surface area contributed by atoms with Crippen LogP contribution in [0.25, 0.3) is 0 Å². The van der Waals surface area contributed by atoms with Crippen molar-refractivity contribution in [2.24, 2.45) is 0 Å². The third kappa shape index (κ3) is 6.00. The minimum atomic E-state index is 0.513. The Labute approximate surface area is 171 Å². The summed E-state index contributed by atoms with van der Waals surface area (Å²) in [5.41, 5.74) is 1.06. The molecular formula is C22H26N4O3. The SMILES string of the molecule is COc1ccc(OCCNc2cc(NCc3ccccc3OC)nc(C)n2)cc1. The van der Waals surface area contributed by atoms with E-state index in [1.807, 2.05) is 61.5 Å². The molecule has 0 saturated heterocycles. The monoisotopic (exact) mass is 394 g/mol. The van der Waals surface area contributed by atoms with Crippen LogP contribution in [0, 0.1) is 6.92 Å². The van der Waals surface area contributed by atoms with Crippen LogP contribution in [-0.4, -0.2) is 37.3 Å². The first kappa shape index (κ1) is 20.3. The quantitative estimate of drug-likeness (QED) is 0.505. The van der Waals surface area contributed by atoms with E-state index in [0.717, 1.165) is 34.4 Å². The van der Waals surface area contributed by atoms with Crippen molar-refractivity contribution in [2.75, 3.05) is 38.0 Å². The van der Waals surface area contributed by atoms with Crippen LogP contribution in [0.4, 0.5) is 11.6 Å². The van der Waals surface area contributed by atoms with Crippen LogP contribution in [-0.2, 0) is 6.54 Å². The fraction of sp³-hybridized carbons (Fsp3) is 0.273. The van der Waals surface area contributed by atoms with E-state index in [1.54, 1.807) is 14.2 Å². The zero-order valence-corrected chi connectivity index (χ0v) is 16.9. The van der Waals surface area contributed by atoms with E-state index in [4.69, 9.17) is 14.2 Å². The minimum Gasteiger partial charge on any atom is -0.497 e. The van der Waals surface area contributed by atoms with Crippen LogP contribution >= 0.6 is 0 Å². The summed E-state index contributed by atoms with van der Waals surface area (Å²) in [7, 11) is 3.31. The van der Waals surface area contributed by atoms with E-state index in [-0.39, 0.29) is 0 Å². The highest BCUT2D eigenvalue weighted by Crippen LogP contribution is 2.20. The topological polar surface area (TPSA) is 77.5 Å². The Balaban J connectivity index is 1.51. The molecule has 0 radical (unpaired) electrons. The average molecular weight is 394 g/mol. The standard InChI is InChI=1S/C22H26N4O3/c1-16-25-21(23-12-13-29-19-10-8-18(27-2)9-11-19)14-22(26-16)24-15-17-6-4-5-7-20(17)28-3/h4-11,14H,12-13,15H2,1-3H3,(H2,23,24,25,26). The molecule has 3 rings (SSSR count). The van der Waals surface area contributed by atoms with Crippen molar-refractivity contribution >= 4 is 11.6 Å². The van der Waals surface area contributed by atoms with Crippen molar-refractivity contribution in [2.45, 2.75) is 13.5 Å². The number of rotatable bonds is 10. The predicted octanol–water partition coefficient (Wildman–Crippen LogP) is 3.91. The van der Waals surface area contributed by atoms with Gasteiger partial charge in [0.2, 0.25) is 0 Å². The summed E-state index contributed by atoms with van der Waals surface area (Å²) in [6, 6.07) is 17.3. The number of aryl methyl sites for hydroxylation is 1. The van der Waals surface area contributed by atoms with Crippen molar-refractivity contribution in [3.63, 3.8) is 0 Å². The molecule has 1 heterocycles. The van der Waals surface area contributed by atoms with E-state index >= 15 is 0 Å². The molecule has 29 heavy (non-hydrogen) atoms. The number of methoxy groups -OCH3 is 2. The number of aromatic nitrogens is 2. The summed E-state index contributed by atoms with van der Waals surface area (Å²) in [5, 5.41) is 6.60. The average Bonchev–Trinajstić information content (AvgIpc) is 2.75. The molecule has 0 atom stereocenters. The summed E-state index contributed by atoms with van der Waals surface area (Å²) in [5.74, 6) is 4.64. The predicted molar refractivity (Wildman–Crippen MR) is 114 cm³/mol. The molecular weight excluding hydrogens is 368 g/mol. The zero-order chi connectivity index (χ0) is 20.5. The van der Waals surface area contributed by atoms with Crippen LogP contribution in [0.3, 0.4) is 0 Å². The summed E-state index contributed by atoms with van der Waals surface area (Å²) in [4.78, 5) is 8.88. The van der Waals surface area contributed by atoms with Crippen LogP contribution in [0.1, 0.15) is 11.4 Å². The van der Waals surface area contributed by atoms with Crippen molar-refractivity contribution in [1.82, 2.24) is 9.97 Å². The van der Waals surface area contributed by atoms with Gasteiger partial charge in [0.05, 0.1) is 20.8 Å². The third-order valence-electron chi connectivity index (χ3n) is 4.23. The van der Waals surface area contributed by atoms with Crippen LogP contribution in [0.2, 0.25) is 0 Å². The van der Waals surface area contributed by atoms with Gasteiger partial charge in [0.1, 0.15) is 41.3 Å². The number of nitrogens with zero attached hydrogens (tertiary/aromatic N) is 2. The third-order valence-corrected chi connectivity index (χ3v) is 4.23. The van der Waals surface area contributed by atoms with Crippen LogP contribution in [0.15, 0.2) is 54.6 Å². The second kappa shape index (κ2) is 10.2.